The quantitative estimate of drug-likeness (QED) is 0.639. The number of hydrogen-bond acceptors (Lipinski definition) is 5. The van der Waals surface area contributed by atoms with E-state index in [0.29, 0.717) is 36.2 Å². The molecule has 8 heteroatoms. The van der Waals surface area contributed by atoms with Crippen LogP contribution in [0.1, 0.15) is 30.9 Å². The summed E-state index contributed by atoms with van der Waals surface area (Å²) in [7, 11) is 3.25. The zero-order chi connectivity index (χ0) is 22.4. The van der Waals surface area contributed by atoms with E-state index in [4.69, 9.17) is 21.7 Å². The van der Waals surface area contributed by atoms with Crippen LogP contribution in [0.25, 0.3) is 0 Å². The first kappa shape index (κ1) is 22.8. The number of benzene rings is 1. The molecule has 31 heavy (non-hydrogen) atoms. The summed E-state index contributed by atoms with van der Waals surface area (Å²) in [5.41, 5.74) is 1.93. The van der Waals surface area contributed by atoms with E-state index in [1.807, 2.05) is 44.2 Å². The number of likely N-dealkylation sites (tertiary alicyclic amines) is 1. The lowest BCUT2D eigenvalue weighted by Crippen LogP contribution is -2.42. The van der Waals surface area contributed by atoms with E-state index >= 15 is 0 Å². The van der Waals surface area contributed by atoms with Gasteiger partial charge in [0, 0.05) is 55.6 Å². The predicted molar refractivity (Wildman–Crippen MR) is 124 cm³/mol. The molecule has 3 rings (SSSR count). The molecule has 2 N–H and O–H groups in total. The van der Waals surface area contributed by atoms with Gasteiger partial charge in [-0.25, -0.2) is 0 Å². The number of thiocarbonyl (C=S) groups is 1. The Labute approximate surface area is 189 Å². The largest absolute Gasteiger partial charge is 0.497 e. The molecule has 2 unspecified atom stereocenters. The number of carbonyl (C=O) groups excluding carboxylic acids is 1. The predicted octanol–water partition coefficient (Wildman–Crippen LogP) is 2.71. The smallest absolute Gasteiger partial charge is 0.225 e. The molecule has 166 valence electrons. The summed E-state index contributed by atoms with van der Waals surface area (Å²) in [5, 5.41) is 7.02. The minimum absolute atomic E-state index is 0.0124. The van der Waals surface area contributed by atoms with Crippen LogP contribution in [0, 0.1) is 5.92 Å². The number of hydrogen-bond donors (Lipinski definition) is 2. The molecule has 1 saturated heterocycles. The van der Waals surface area contributed by atoms with Crippen molar-refractivity contribution in [1.29, 1.82) is 0 Å². The highest BCUT2D eigenvalue weighted by Crippen LogP contribution is 2.39. The molecule has 2 heterocycles. The second-order valence-corrected chi connectivity index (χ2v) is 8.30. The molecule has 1 aromatic carbocycles. The van der Waals surface area contributed by atoms with E-state index in [1.165, 1.54) is 0 Å². The van der Waals surface area contributed by atoms with E-state index in [2.05, 4.69) is 20.5 Å². The topological polar surface area (TPSA) is 75.7 Å². The molecule has 1 aliphatic heterocycles. The van der Waals surface area contributed by atoms with Gasteiger partial charge in [-0.3, -0.25) is 9.78 Å². The molecule has 1 aliphatic rings. The van der Waals surface area contributed by atoms with Gasteiger partial charge >= 0.3 is 0 Å². The molecule has 0 bridgehead atoms. The van der Waals surface area contributed by atoms with Crippen molar-refractivity contribution in [2.75, 3.05) is 27.3 Å². The summed E-state index contributed by atoms with van der Waals surface area (Å²) in [6.45, 7) is 5.70. The van der Waals surface area contributed by atoms with Crippen molar-refractivity contribution in [3.05, 3.63) is 53.9 Å². The fourth-order valence-corrected chi connectivity index (χ4v) is 4.22. The Morgan fingerprint density at radius 3 is 2.71 bits per heavy atom. The average molecular weight is 443 g/mol. The summed E-state index contributed by atoms with van der Waals surface area (Å²) in [6.07, 6.45) is 3.47. The van der Waals surface area contributed by atoms with Crippen LogP contribution in [-0.2, 0) is 11.3 Å². The summed E-state index contributed by atoms with van der Waals surface area (Å²) < 4.78 is 11.0. The molecule has 0 spiro atoms. The number of nitrogens with one attached hydrogen (secondary N) is 2. The van der Waals surface area contributed by atoms with E-state index in [9.17, 15) is 4.79 Å². The monoisotopic (exact) mass is 442 g/mol. The summed E-state index contributed by atoms with van der Waals surface area (Å²) in [6, 6.07) is 9.76. The van der Waals surface area contributed by atoms with Crippen LogP contribution in [0.2, 0.25) is 0 Å². The maximum absolute atomic E-state index is 13.2. The van der Waals surface area contributed by atoms with Crippen LogP contribution >= 0.6 is 12.2 Å². The Hall–Kier alpha value is -2.87. The summed E-state index contributed by atoms with van der Waals surface area (Å²) in [5.74, 6) is 1.07. The Balaban J connectivity index is 1.84. The number of ether oxygens (including phenoxy) is 2. The van der Waals surface area contributed by atoms with Gasteiger partial charge in [0.05, 0.1) is 20.1 Å². The van der Waals surface area contributed by atoms with Gasteiger partial charge in [-0.2, -0.15) is 0 Å². The molecule has 0 radical (unpaired) electrons. The lowest BCUT2D eigenvalue weighted by atomic mass is 9.87. The molecule has 7 nitrogen and oxygen atoms in total. The zero-order valence-electron chi connectivity index (χ0n) is 18.4. The van der Waals surface area contributed by atoms with Crippen LogP contribution in [-0.4, -0.2) is 54.3 Å². The van der Waals surface area contributed by atoms with Gasteiger partial charge in [0.2, 0.25) is 5.91 Å². The number of aromatic nitrogens is 1. The highest BCUT2D eigenvalue weighted by molar-refractivity contribution is 7.80. The van der Waals surface area contributed by atoms with Crippen molar-refractivity contribution in [1.82, 2.24) is 20.5 Å². The van der Waals surface area contributed by atoms with Crippen LogP contribution in [0.15, 0.2) is 42.7 Å². The molecule has 1 aromatic heterocycles. The van der Waals surface area contributed by atoms with Crippen molar-refractivity contribution in [2.45, 2.75) is 32.4 Å². The van der Waals surface area contributed by atoms with Crippen molar-refractivity contribution < 1.29 is 14.3 Å². The average Bonchev–Trinajstić information content (AvgIpc) is 3.22. The number of carbonyl (C=O) groups is 1. The minimum atomic E-state index is -0.272. The third kappa shape index (κ3) is 5.64. The second kappa shape index (κ2) is 10.4. The van der Waals surface area contributed by atoms with Gasteiger partial charge in [-0.1, -0.05) is 12.1 Å². The first-order valence-corrected chi connectivity index (χ1v) is 10.8. The van der Waals surface area contributed by atoms with E-state index in [0.717, 1.165) is 11.1 Å². The minimum Gasteiger partial charge on any atom is -0.497 e. The van der Waals surface area contributed by atoms with Crippen molar-refractivity contribution in [2.24, 2.45) is 5.92 Å². The number of rotatable bonds is 7. The Kier molecular flexibility index (Phi) is 7.68. The Morgan fingerprint density at radius 1 is 1.26 bits per heavy atom. The van der Waals surface area contributed by atoms with Crippen molar-refractivity contribution in [3.8, 4) is 11.5 Å². The van der Waals surface area contributed by atoms with E-state index in [-0.39, 0.29) is 23.8 Å². The van der Waals surface area contributed by atoms with Gasteiger partial charge in [0.1, 0.15) is 11.5 Å². The molecular weight excluding hydrogens is 412 g/mol. The van der Waals surface area contributed by atoms with Crippen LogP contribution < -0.4 is 20.1 Å². The maximum Gasteiger partial charge on any atom is 0.225 e. The number of nitrogens with zero attached hydrogens (tertiary/aromatic N) is 2. The molecule has 1 fully saturated rings. The fraction of sp³-hybridized carbons (Fsp3) is 0.435. The maximum atomic E-state index is 13.2. The summed E-state index contributed by atoms with van der Waals surface area (Å²) >= 11 is 5.60. The summed E-state index contributed by atoms with van der Waals surface area (Å²) in [4.78, 5) is 19.4. The van der Waals surface area contributed by atoms with Crippen LogP contribution in [0.4, 0.5) is 0 Å². The normalized spacial score (nSPS) is 18.0. The molecule has 0 aliphatic carbocycles. The third-order valence-electron chi connectivity index (χ3n) is 5.39. The molecule has 0 saturated carbocycles. The highest BCUT2D eigenvalue weighted by Gasteiger charge is 2.40. The highest BCUT2D eigenvalue weighted by atomic mass is 32.1. The fourth-order valence-electron chi connectivity index (χ4n) is 3.84. The van der Waals surface area contributed by atoms with Crippen molar-refractivity contribution in [3.63, 3.8) is 0 Å². The standard InChI is InChI=1S/C23H30N4O3S/c1-15(2)26-23(31)27-13-19(18-8-7-17(29-3)10-21(18)30-4)20(14-27)22(28)25-12-16-6-5-9-24-11-16/h5-11,15,19-20H,12-14H2,1-4H3,(H,25,28)(H,26,31). The SMILES string of the molecule is COc1ccc(C2CN(C(=S)NC(C)C)CC2C(=O)NCc2cccnc2)c(OC)c1. The van der Waals surface area contributed by atoms with E-state index in [1.54, 1.807) is 26.6 Å². The van der Waals surface area contributed by atoms with Gasteiger partial charge in [0.15, 0.2) is 5.11 Å². The van der Waals surface area contributed by atoms with Gasteiger partial charge in [-0.15, -0.1) is 0 Å². The third-order valence-corrected chi connectivity index (χ3v) is 5.76. The number of pyridine rings is 1. The number of amides is 1. The second-order valence-electron chi connectivity index (χ2n) is 7.91. The molecule has 2 aromatic rings. The van der Waals surface area contributed by atoms with Gasteiger partial charge in [-0.05, 0) is 43.8 Å². The van der Waals surface area contributed by atoms with E-state index < -0.39 is 0 Å². The lowest BCUT2D eigenvalue weighted by molar-refractivity contribution is -0.125. The molecular formula is C23H30N4O3S. The first-order valence-electron chi connectivity index (χ1n) is 10.4. The Morgan fingerprint density at radius 2 is 2.06 bits per heavy atom. The number of methoxy groups -OCH3 is 2. The van der Waals surface area contributed by atoms with Crippen LogP contribution in [0.5, 0.6) is 11.5 Å². The molecule has 1 amide bonds. The van der Waals surface area contributed by atoms with Gasteiger partial charge < -0.3 is 25.0 Å². The lowest BCUT2D eigenvalue weighted by Gasteiger charge is -2.22. The first-order chi connectivity index (χ1) is 14.9. The Bertz CT molecular complexity index is 907. The van der Waals surface area contributed by atoms with Gasteiger partial charge in [0.25, 0.3) is 0 Å². The van der Waals surface area contributed by atoms with Crippen LogP contribution in [0.3, 0.4) is 0 Å². The zero-order valence-corrected chi connectivity index (χ0v) is 19.2. The van der Waals surface area contributed by atoms with Crippen molar-refractivity contribution >= 4 is 23.2 Å². The molecule has 2 atom stereocenters.